The summed E-state index contributed by atoms with van der Waals surface area (Å²) in [6.07, 6.45) is 3.32. The number of thiophene rings is 1. The Bertz CT molecular complexity index is 442. The van der Waals surface area contributed by atoms with Gasteiger partial charge in [0, 0.05) is 17.6 Å². The van der Waals surface area contributed by atoms with E-state index in [9.17, 15) is 0 Å². The van der Waals surface area contributed by atoms with Crippen LogP contribution in [0.5, 0.6) is 0 Å². The number of aryl methyl sites for hydroxylation is 1. The van der Waals surface area contributed by atoms with Crippen molar-refractivity contribution < 1.29 is 0 Å². The van der Waals surface area contributed by atoms with Crippen LogP contribution in [0.4, 0.5) is 0 Å². The van der Waals surface area contributed by atoms with Gasteiger partial charge in [0.25, 0.3) is 0 Å². The lowest BCUT2D eigenvalue weighted by atomic mass is 10.2. The highest BCUT2D eigenvalue weighted by Gasteiger charge is 2.15. The Labute approximate surface area is 103 Å². The molecule has 2 heterocycles. The van der Waals surface area contributed by atoms with Crippen LogP contribution in [0.3, 0.4) is 0 Å². The van der Waals surface area contributed by atoms with Crippen molar-refractivity contribution in [2.24, 2.45) is 5.73 Å². The SMILES string of the molecule is Cc1ccsc1C(CN)Sc1ccncn1. The highest BCUT2D eigenvalue weighted by molar-refractivity contribution is 7.99. The molecule has 16 heavy (non-hydrogen) atoms. The quantitative estimate of drug-likeness (QED) is 0.670. The molecule has 0 aliphatic carbocycles. The first-order valence-electron chi connectivity index (χ1n) is 4.98. The number of hydrogen-bond donors (Lipinski definition) is 1. The Morgan fingerprint density at radius 3 is 2.94 bits per heavy atom. The van der Waals surface area contributed by atoms with Gasteiger partial charge in [-0.3, -0.25) is 0 Å². The molecule has 0 aliphatic heterocycles. The molecule has 1 unspecified atom stereocenters. The average molecular weight is 251 g/mol. The molecule has 0 amide bonds. The number of nitrogens with two attached hydrogens (primary N) is 1. The second-order valence-corrected chi connectivity index (χ2v) is 5.53. The predicted octanol–water partition coefficient (Wildman–Crippen LogP) is 2.64. The minimum Gasteiger partial charge on any atom is -0.329 e. The van der Waals surface area contributed by atoms with Gasteiger partial charge >= 0.3 is 0 Å². The summed E-state index contributed by atoms with van der Waals surface area (Å²) in [6.45, 7) is 2.74. The molecule has 1 atom stereocenters. The van der Waals surface area contributed by atoms with E-state index in [0.717, 1.165) is 5.03 Å². The van der Waals surface area contributed by atoms with E-state index >= 15 is 0 Å². The van der Waals surface area contributed by atoms with Crippen LogP contribution in [-0.2, 0) is 0 Å². The second-order valence-electron chi connectivity index (χ2n) is 3.36. The smallest absolute Gasteiger partial charge is 0.116 e. The zero-order chi connectivity index (χ0) is 11.4. The predicted molar refractivity (Wildman–Crippen MR) is 68.7 cm³/mol. The molecular weight excluding hydrogens is 238 g/mol. The van der Waals surface area contributed by atoms with E-state index in [4.69, 9.17) is 5.73 Å². The van der Waals surface area contributed by atoms with Crippen molar-refractivity contribution in [1.82, 2.24) is 9.97 Å². The largest absolute Gasteiger partial charge is 0.329 e. The first kappa shape index (κ1) is 11.6. The first-order valence-corrected chi connectivity index (χ1v) is 6.74. The number of nitrogens with zero attached hydrogens (tertiary/aromatic N) is 2. The van der Waals surface area contributed by atoms with Gasteiger partial charge in [-0.1, -0.05) is 11.8 Å². The van der Waals surface area contributed by atoms with Gasteiger partial charge in [0.05, 0.1) is 5.25 Å². The first-order chi connectivity index (χ1) is 7.81. The summed E-state index contributed by atoms with van der Waals surface area (Å²) < 4.78 is 0. The van der Waals surface area contributed by atoms with Crippen LogP contribution in [-0.4, -0.2) is 16.5 Å². The van der Waals surface area contributed by atoms with Crippen molar-refractivity contribution >= 4 is 23.1 Å². The second kappa shape index (κ2) is 5.43. The van der Waals surface area contributed by atoms with Gasteiger partial charge in [0.1, 0.15) is 11.4 Å². The topological polar surface area (TPSA) is 51.8 Å². The molecule has 2 rings (SSSR count). The molecule has 5 heteroatoms. The fourth-order valence-electron chi connectivity index (χ4n) is 1.42. The van der Waals surface area contributed by atoms with E-state index in [1.807, 2.05) is 6.07 Å². The van der Waals surface area contributed by atoms with Crippen molar-refractivity contribution in [2.45, 2.75) is 17.2 Å². The zero-order valence-corrected chi connectivity index (χ0v) is 10.6. The molecule has 0 spiro atoms. The zero-order valence-electron chi connectivity index (χ0n) is 8.96. The van der Waals surface area contributed by atoms with E-state index in [2.05, 4.69) is 28.3 Å². The fraction of sp³-hybridized carbons (Fsp3) is 0.273. The number of hydrogen-bond acceptors (Lipinski definition) is 5. The van der Waals surface area contributed by atoms with Crippen LogP contribution in [0.1, 0.15) is 15.7 Å². The standard InChI is InChI=1S/C11H13N3S2/c1-8-3-5-15-11(8)9(6-12)16-10-2-4-13-7-14-10/h2-5,7,9H,6,12H2,1H3. The van der Waals surface area contributed by atoms with Gasteiger partial charge in [0.15, 0.2) is 0 Å². The molecule has 3 nitrogen and oxygen atoms in total. The lowest BCUT2D eigenvalue weighted by molar-refractivity contribution is 0.941. The maximum absolute atomic E-state index is 5.82. The summed E-state index contributed by atoms with van der Waals surface area (Å²) in [5.41, 5.74) is 7.13. The van der Waals surface area contributed by atoms with Crippen molar-refractivity contribution in [3.05, 3.63) is 40.5 Å². The van der Waals surface area contributed by atoms with E-state index < -0.39 is 0 Å². The van der Waals surface area contributed by atoms with Gasteiger partial charge in [-0.05, 0) is 30.0 Å². The molecule has 0 radical (unpaired) electrons. The molecule has 2 aromatic rings. The van der Waals surface area contributed by atoms with Crippen LogP contribution >= 0.6 is 23.1 Å². The minimum atomic E-state index is 0.287. The van der Waals surface area contributed by atoms with Crippen molar-refractivity contribution in [3.63, 3.8) is 0 Å². The van der Waals surface area contributed by atoms with Gasteiger partial charge in [-0.15, -0.1) is 11.3 Å². The highest BCUT2D eigenvalue weighted by atomic mass is 32.2. The van der Waals surface area contributed by atoms with Crippen LogP contribution in [0.25, 0.3) is 0 Å². The minimum absolute atomic E-state index is 0.287. The Morgan fingerprint density at radius 2 is 2.38 bits per heavy atom. The van der Waals surface area contributed by atoms with E-state index in [1.54, 1.807) is 35.6 Å². The maximum atomic E-state index is 5.82. The maximum Gasteiger partial charge on any atom is 0.116 e. The third-order valence-corrected chi connectivity index (χ3v) is 4.70. The lowest BCUT2D eigenvalue weighted by Crippen LogP contribution is -2.09. The van der Waals surface area contributed by atoms with Gasteiger partial charge in [-0.25, -0.2) is 9.97 Å². The Hall–Kier alpha value is -0.910. The monoisotopic (exact) mass is 251 g/mol. The van der Waals surface area contributed by atoms with Crippen LogP contribution in [0.15, 0.2) is 35.1 Å². The summed E-state index contributed by atoms with van der Waals surface area (Å²) in [6, 6.07) is 4.04. The van der Waals surface area contributed by atoms with E-state index in [0.29, 0.717) is 6.54 Å². The van der Waals surface area contributed by atoms with Crippen LogP contribution in [0, 0.1) is 6.92 Å². The van der Waals surface area contributed by atoms with Crippen LogP contribution < -0.4 is 5.73 Å². The van der Waals surface area contributed by atoms with Crippen molar-refractivity contribution in [3.8, 4) is 0 Å². The number of aromatic nitrogens is 2. The van der Waals surface area contributed by atoms with Crippen molar-refractivity contribution in [1.29, 1.82) is 0 Å². The Morgan fingerprint density at radius 1 is 1.50 bits per heavy atom. The van der Waals surface area contributed by atoms with Gasteiger partial charge < -0.3 is 5.73 Å². The third kappa shape index (κ3) is 2.61. The molecule has 2 N–H and O–H groups in total. The van der Waals surface area contributed by atoms with Gasteiger partial charge in [0.2, 0.25) is 0 Å². The molecule has 84 valence electrons. The van der Waals surface area contributed by atoms with E-state index in [-0.39, 0.29) is 5.25 Å². The summed E-state index contributed by atoms with van der Waals surface area (Å²) >= 11 is 3.45. The molecule has 0 saturated carbocycles. The summed E-state index contributed by atoms with van der Waals surface area (Å²) in [5, 5.41) is 3.36. The summed E-state index contributed by atoms with van der Waals surface area (Å²) in [5.74, 6) is 0. The Kier molecular flexibility index (Phi) is 3.93. The highest BCUT2D eigenvalue weighted by Crippen LogP contribution is 2.37. The molecule has 0 aromatic carbocycles. The average Bonchev–Trinajstić information content (AvgIpc) is 2.74. The molecule has 0 bridgehead atoms. The molecule has 0 aliphatic rings. The normalized spacial score (nSPS) is 12.6. The summed E-state index contributed by atoms with van der Waals surface area (Å²) in [4.78, 5) is 9.45. The fourth-order valence-corrected chi connectivity index (χ4v) is 3.58. The Balaban J connectivity index is 2.16. The van der Waals surface area contributed by atoms with Gasteiger partial charge in [-0.2, -0.15) is 0 Å². The third-order valence-electron chi connectivity index (χ3n) is 2.23. The number of thioether (sulfide) groups is 1. The lowest BCUT2D eigenvalue weighted by Gasteiger charge is -2.12. The molecule has 2 aromatic heterocycles. The molecular formula is C11H13N3S2. The summed E-state index contributed by atoms with van der Waals surface area (Å²) in [7, 11) is 0. The van der Waals surface area contributed by atoms with Crippen molar-refractivity contribution in [2.75, 3.05) is 6.54 Å². The van der Waals surface area contributed by atoms with E-state index in [1.165, 1.54) is 10.4 Å². The van der Waals surface area contributed by atoms with Crippen LogP contribution in [0.2, 0.25) is 0 Å². The molecule has 0 fully saturated rings. The number of rotatable bonds is 4. The molecule has 0 saturated heterocycles.